The lowest BCUT2D eigenvalue weighted by molar-refractivity contribution is -0.161. The average molecular weight is 422 g/mol. The molecule has 2 unspecified atom stereocenters. The molecule has 1 rings (SSSR count). The van der Waals surface area contributed by atoms with E-state index < -0.39 is 17.5 Å². The van der Waals surface area contributed by atoms with Crippen LogP contribution in [0.4, 0.5) is 0 Å². The molecule has 1 amide bonds. The number of rotatable bonds is 13. The van der Waals surface area contributed by atoms with Crippen LogP contribution in [0.2, 0.25) is 0 Å². The zero-order valence-electron chi connectivity index (χ0n) is 18.9. The number of hydrogen-bond donors (Lipinski definition) is 3. The molecule has 0 aromatic rings. The molecule has 1 fully saturated rings. The van der Waals surface area contributed by atoms with Crippen molar-refractivity contribution in [3.05, 3.63) is 24.3 Å². The van der Waals surface area contributed by atoms with Gasteiger partial charge >= 0.3 is 5.97 Å². The first-order chi connectivity index (χ1) is 14.1. The van der Waals surface area contributed by atoms with E-state index in [9.17, 15) is 19.5 Å². The van der Waals surface area contributed by atoms with Crippen LogP contribution in [0.25, 0.3) is 0 Å². The quantitative estimate of drug-likeness (QED) is 0.308. The number of unbranched alkanes of at least 4 members (excludes halogenated alkanes) is 4. The van der Waals surface area contributed by atoms with Gasteiger partial charge in [0.15, 0.2) is 5.60 Å². The van der Waals surface area contributed by atoms with Crippen molar-refractivity contribution in [2.24, 2.45) is 17.8 Å². The number of ketones is 1. The molecule has 170 valence electrons. The van der Waals surface area contributed by atoms with Gasteiger partial charge in [0, 0.05) is 31.2 Å². The lowest BCUT2D eigenvalue weighted by Crippen LogP contribution is -2.41. The van der Waals surface area contributed by atoms with E-state index in [1.54, 1.807) is 6.92 Å². The van der Waals surface area contributed by atoms with Crippen molar-refractivity contribution in [1.82, 2.24) is 5.32 Å². The van der Waals surface area contributed by atoms with Crippen molar-refractivity contribution >= 4 is 17.7 Å². The van der Waals surface area contributed by atoms with Crippen LogP contribution in [-0.4, -0.2) is 39.5 Å². The second kappa shape index (κ2) is 12.7. The third-order valence-corrected chi connectivity index (χ3v) is 6.17. The molecule has 0 aromatic carbocycles. The molecule has 30 heavy (non-hydrogen) atoms. The Labute approximate surface area is 180 Å². The van der Waals surface area contributed by atoms with Gasteiger partial charge in [-0.1, -0.05) is 57.4 Å². The van der Waals surface area contributed by atoms with Gasteiger partial charge < -0.3 is 15.5 Å². The Morgan fingerprint density at radius 1 is 1.23 bits per heavy atom. The molecule has 0 heterocycles. The normalized spacial score (nSPS) is 25.0. The van der Waals surface area contributed by atoms with E-state index >= 15 is 0 Å². The fourth-order valence-electron chi connectivity index (χ4n) is 3.89. The van der Waals surface area contributed by atoms with E-state index in [2.05, 4.69) is 24.4 Å². The highest BCUT2D eigenvalue weighted by Crippen LogP contribution is 2.34. The zero-order chi connectivity index (χ0) is 22.7. The van der Waals surface area contributed by atoms with Crippen molar-refractivity contribution < 1.29 is 24.6 Å². The maximum absolute atomic E-state index is 12.6. The summed E-state index contributed by atoms with van der Waals surface area (Å²) in [7, 11) is 0. The SMILES string of the molecule is CCCCCC/C=C/[C@H]1[C@H](NC(C)=O)CC(=O)[C@@H]1C/C=C\CC(C)C(C)(O)C(=O)O. The molecule has 0 saturated heterocycles. The summed E-state index contributed by atoms with van der Waals surface area (Å²) in [6, 6.07) is -0.174. The maximum atomic E-state index is 12.6. The molecule has 1 aliphatic rings. The Morgan fingerprint density at radius 3 is 2.53 bits per heavy atom. The number of carbonyl (C=O) groups is 3. The van der Waals surface area contributed by atoms with Crippen LogP contribution in [0, 0.1) is 17.8 Å². The number of nitrogens with one attached hydrogen (secondary N) is 1. The maximum Gasteiger partial charge on any atom is 0.335 e. The van der Waals surface area contributed by atoms with Crippen LogP contribution in [0.1, 0.15) is 79.1 Å². The minimum absolute atomic E-state index is 0.0308. The van der Waals surface area contributed by atoms with Crippen molar-refractivity contribution in [2.45, 2.75) is 90.7 Å². The molecule has 1 saturated carbocycles. The average Bonchev–Trinajstić information content (AvgIpc) is 2.95. The molecule has 6 heteroatoms. The fourth-order valence-corrected chi connectivity index (χ4v) is 3.89. The van der Waals surface area contributed by atoms with Gasteiger partial charge in [-0.25, -0.2) is 4.79 Å². The van der Waals surface area contributed by atoms with Crippen molar-refractivity contribution in [2.75, 3.05) is 0 Å². The molecule has 0 bridgehead atoms. The summed E-state index contributed by atoms with van der Waals surface area (Å²) < 4.78 is 0. The summed E-state index contributed by atoms with van der Waals surface area (Å²) in [6.45, 7) is 6.64. The highest BCUT2D eigenvalue weighted by atomic mass is 16.4. The van der Waals surface area contributed by atoms with Crippen molar-refractivity contribution in [3.8, 4) is 0 Å². The number of aliphatic hydroxyl groups is 1. The molecule has 0 aromatic heterocycles. The Hall–Kier alpha value is -1.95. The number of hydrogen-bond acceptors (Lipinski definition) is 4. The third kappa shape index (κ3) is 8.05. The van der Waals surface area contributed by atoms with E-state index in [1.165, 1.54) is 33.1 Å². The molecular formula is C24H39NO5. The van der Waals surface area contributed by atoms with Crippen molar-refractivity contribution in [3.63, 3.8) is 0 Å². The smallest absolute Gasteiger partial charge is 0.335 e. The zero-order valence-corrected chi connectivity index (χ0v) is 18.9. The van der Waals surface area contributed by atoms with Gasteiger partial charge in [-0.15, -0.1) is 0 Å². The summed E-state index contributed by atoms with van der Waals surface area (Å²) in [5.74, 6) is -1.90. The largest absolute Gasteiger partial charge is 0.479 e. The predicted molar refractivity (Wildman–Crippen MR) is 118 cm³/mol. The molecule has 0 aliphatic heterocycles. The summed E-state index contributed by atoms with van der Waals surface area (Å²) in [6.07, 6.45) is 15.0. The van der Waals surface area contributed by atoms with Crippen LogP contribution >= 0.6 is 0 Å². The first-order valence-corrected chi connectivity index (χ1v) is 11.2. The first kappa shape index (κ1) is 26.1. The van der Waals surface area contributed by atoms with Crippen LogP contribution in [-0.2, 0) is 14.4 Å². The predicted octanol–water partition coefficient (Wildman–Crippen LogP) is 4.03. The van der Waals surface area contributed by atoms with E-state index in [1.807, 2.05) is 12.2 Å². The van der Waals surface area contributed by atoms with Gasteiger partial charge in [0.05, 0.1) is 0 Å². The molecule has 1 aliphatic carbocycles. The number of Topliss-reactive ketones (excluding diaryl/α,β-unsaturated/α-hetero) is 1. The number of aliphatic carboxylic acids is 1. The van der Waals surface area contributed by atoms with E-state index in [4.69, 9.17) is 5.11 Å². The molecular weight excluding hydrogens is 382 g/mol. The Morgan fingerprint density at radius 2 is 1.93 bits per heavy atom. The van der Waals surface area contributed by atoms with Gasteiger partial charge in [0.1, 0.15) is 5.78 Å². The van der Waals surface area contributed by atoms with Crippen LogP contribution < -0.4 is 5.32 Å². The Bertz CT molecular complexity index is 638. The monoisotopic (exact) mass is 421 g/mol. The summed E-state index contributed by atoms with van der Waals surface area (Å²) >= 11 is 0. The molecule has 6 nitrogen and oxygen atoms in total. The van der Waals surface area contributed by atoms with Crippen LogP contribution in [0.5, 0.6) is 0 Å². The van der Waals surface area contributed by atoms with Gasteiger partial charge in [-0.2, -0.15) is 0 Å². The Kier molecular flexibility index (Phi) is 11.0. The second-order valence-electron chi connectivity index (χ2n) is 8.74. The second-order valence-corrected chi connectivity index (χ2v) is 8.74. The van der Waals surface area contributed by atoms with E-state index in [-0.39, 0.29) is 29.6 Å². The molecule has 0 radical (unpaired) electrons. The lowest BCUT2D eigenvalue weighted by Gasteiger charge is -2.24. The Balaban J connectivity index is 2.73. The summed E-state index contributed by atoms with van der Waals surface area (Å²) in [4.78, 5) is 35.3. The molecule has 3 N–H and O–H groups in total. The van der Waals surface area contributed by atoms with E-state index in [0.717, 1.165) is 12.8 Å². The van der Waals surface area contributed by atoms with Crippen LogP contribution in [0.3, 0.4) is 0 Å². The van der Waals surface area contributed by atoms with Crippen LogP contribution in [0.15, 0.2) is 24.3 Å². The summed E-state index contributed by atoms with van der Waals surface area (Å²) in [5.41, 5.74) is -1.78. The molecule has 0 spiro atoms. The minimum atomic E-state index is -1.78. The fraction of sp³-hybridized carbons (Fsp3) is 0.708. The van der Waals surface area contributed by atoms with Gasteiger partial charge in [-0.3, -0.25) is 9.59 Å². The first-order valence-electron chi connectivity index (χ1n) is 11.2. The van der Waals surface area contributed by atoms with E-state index in [0.29, 0.717) is 19.3 Å². The number of amides is 1. The lowest BCUT2D eigenvalue weighted by atomic mass is 9.87. The van der Waals surface area contributed by atoms with Gasteiger partial charge in [-0.05, 0) is 38.5 Å². The summed E-state index contributed by atoms with van der Waals surface area (Å²) in [5, 5.41) is 22.0. The van der Waals surface area contributed by atoms with Gasteiger partial charge in [0.2, 0.25) is 5.91 Å². The van der Waals surface area contributed by atoms with Crippen molar-refractivity contribution in [1.29, 1.82) is 0 Å². The number of allylic oxidation sites excluding steroid dienone is 3. The van der Waals surface area contributed by atoms with Gasteiger partial charge in [0.25, 0.3) is 0 Å². The highest BCUT2D eigenvalue weighted by Gasteiger charge is 2.40. The minimum Gasteiger partial charge on any atom is -0.479 e. The topological polar surface area (TPSA) is 104 Å². The standard InChI is InChI=1S/C24H39NO5/c1-5-6-7-8-9-10-14-19-20(22(27)16-21(19)25-18(3)26)15-12-11-13-17(2)24(4,30)23(28)29/h10-12,14,17,19-21,30H,5-9,13,15-16H2,1-4H3,(H,25,26)(H,28,29)/b12-11-,14-10+/t17?,19-,20-,21-,24?/m1/s1. The highest BCUT2D eigenvalue weighted by molar-refractivity contribution is 5.86. The number of carbonyl (C=O) groups excluding carboxylic acids is 2. The number of carboxylic acid groups (broad SMARTS) is 1. The third-order valence-electron chi connectivity index (χ3n) is 6.17. The molecule has 5 atom stereocenters. The number of carboxylic acids is 1.